The standard InChI is InChI=1S/C12H17F3N2O2S/c1-3-6-17(8-12(13,14)15)11-5-4-9(7-10(11)16)20(2,18)19/h4-5,7H,3,6,8,16H2,1-2H3. The van der Waals surface area contributed by atoms with Gasteiger partial charge in [-0.15, -0.1) is 0 Å². The van der Waals surface area contributed by atoms with Gasteiger partial charge < -0.3 is 10.6 Å². The molecule has 0 aliphatic heterocycles. The summed E-state index contributed by atoms with van der Waals surface area (Å²) in [6.45, 7) is 0.815. The van der Waals surface area contributed by atoms with Crippen LogP contribution >= 0.6 is 0 Å². The minimum atomic E-state index is -4.35. The molecule has 0 spiro atoms. The monoisotopic (exact) mass is 310 g/mol. The van der Waals surface area contributed by atoms with Crippen molar-refractivity contribution in [3.8, 4) is 0 Å². The summed E-state index contributed by atoms with van der Waals surface area (Å²) in [5, 5.41) is 0. The molecule has 0 radical (unpaired) electrons. The van der Waals surface area contributed by atoms with Crippen LogP contribution in [0.4, 0.5) is 24.5 Å². The van der Waals surface area contributed by atoms with Gasteiger partial charge in [0.05, 0.1) is 16.3 Å². The first-order valence-electron chi connectivity index (χ1n) is 5.96. The first-order chi connectivity index (χ1) is 9.04. The maximum Gasteiger partial charge on any atom is 0.405 e. The summed E-state index contributed by atoms with van der Waals surface area (Å²) in [5.41, 5.74) is 5.90. The number of alkyl halides is 3. The van der Waals surface area contributed by atoms with E-state index in [-0.39, 0.29) is 22.8 Å². The van der Waals surface area contributed by atoms with Crippen molar-refractivity contribution in [2.45, 2.75) is 24.4 Å². The highest BCUT2D eigenvalue weighted by Gasteiger charge is 2.31. The Morgan fingerprint density at radius 1 is 1.30 bits per heavy atom. The Labute approximate surface area is 116 Å². The van der Waals surface area contributed by atoms with Crippen molar-refractivity contribution in [2.75, 3.05) is 30.0 Å². The van der Waals surface area contributed by atoms with E-state index in [1.165, 1.54) is 18.2 Å². The van der Waals surface area contributed by atoms with Crippen molar-refractivity contribution in [2.24, 2.45) is 0 Å². The van der Waals surface area contributed by atoms with E-state index in [1.807, 2.05) is 0 Å². The van der Waals surface area contributed by atoms with Gasteiger partial charge in [0.2, 0.25) is 0 Å². The first-order valence-corrected chi connectivity index (χ1v) is 7.85. The molecule has 0 saturated heterocycles. The molecule has 0 aliphatic carbocycles. The van der Waals surface area contributed by atoms with E-state index in [2.05, 4.69) is 0 Å². The quantitative estimate of drug-likeness (QED) is 0.849. The van der Waals surface area contributed by atoms with Crippen LogP contribution in [-0.2, 0) is 9.84 Å². The zero-order chi connectivity index (χ0) is 15.6. The average Bonchev–Trinajstić information content (AvgIpc) is 2.25. The summed E-state index contributed by atoms with van der Waals surface area (Å²) in [6.07, 6.45) is -2.82. The van der Waals surface area contributed by atoms with Gasteiger partial charge in [-0.2, -0.15) is 13.2 Å². The van der Waals surface area contributed by atoms with Gasteiger partial charge in [-0.3, -0.25) is 0 Å². The van der Waals surface area contributed by atoms with E-state index in [0.29, 0.717) is 6.42 Å². The predicted molar refractivity (Wildman–Crippen MR) is 72.5 cm³/mol. The molecule has 4 nitrogen and oxygen atoms in total. The van der Waals surface area contributed by atoms with Crippen molar-refractivity contribution < 1.29 is 21.6 Å². The minimum absolute atomic E-state index is 0.0118. The van der Waals surface area contributed by atoms with E-state index in [1.54, 1.807) is 6.92 Å². The van der Waals surface area contributed by atoms with E-state index in [9.17, 15) is 21.6 Å². The molecule has 114 valence electrons. The highest BCUT2D eigenvalue weighted by Crippen LogP contribution is 2.29. The van der Waals surface area contributed by atoms with Crippen LogP contribution in [0.2, 0.25) is 0 Å². The van der Waals surface area contributed by atoms with Crippen molar-refractivity contribution in [1.82, 2.24) is 0 Å². The van der Waals surface area contributed by atoms with Gasteiger partial charge in [0.15, 0.2) is 9.84 Å². The number of rotatable bonds is 5. The van der Waals surface area contributed by atoms with Gasteiger partial charge in [-0.25, -0.2) is 8.42 Å². The highest BCUT2D eigenvalue weighted by atomic mass is 32.2. The van der Waals surface area contributed by atoms with Gasteiger partial charge in [0.25, 0.3) is 0 Å². The van der Waals surface area contributed by atoms with Crippen molar-refractivity contribution in [3.63, 3.8) is 0 Å². The molecular weight excluding hydrogens is 293 g/mol. The SMILES string of the molecule is CCCN(CC(F)(F)F)c1ccc(S(C)(=O)=O)cc1N. The van der Waals surface area contributed by atoms with Gasteiger partial charge >= 0.3 is 6.18 Å². The molecule has 20 heavy (non-hydrogen) atoms. The Bertz CT molecular complexity index is 571. The molecule has 0 atom stereocenters. The molecule has 0 aromatic heterocycles. The lowest BCUT2D eigenvalue weighted by Gasteiger charge is -2.27. The number of anilines is 2. The zero-order valence-corrected chi connectivity index (χ0v) is 12.1. The Kier molecular flexibility index (Phi) is 4.90. The van der Waals surface area contributed by atoms with Gasteiger partial charge in [0, 0.05) is 12.8 Å². The fraction of sp³-hybridized carbons (Fsp3) is 0.500. The molecule has 0 heterocycles. The molecule has 2 N–H and O–H groups in total. The molecule has 0 fully saturated rings. The zero-order valence-electron chi connectivity index (χ0n) is 11.2. The van der Waals surface area contributed by atoms with Crippen LogP contribution in [0.3, 0.4) is 0 Å². The maximum atomic E-state index is 12.5. The Hall–Kier alpha value is -1.44. The number of nitrogen functional groups attached to an aromatic ring is 1. The number of hydrogen-bond donors (Lipinski definition) is 1. The number of nitrogens with two attached hydrogens (primary N) is 1. The number of nitrogens with zero attached hydrogens (tertiary/aromatic N) is 1. The van der Waals surface area contributed by atoms with Crippen LogP contribution in [0.15, 0.2) is 23.1 Å². The average molecular weight is 310 g/mol. The summed E-state index contributed by atoms with van der Waals surface area (Å²) in [7, 11) is -3.44. The maximum absolute atomic E-state index is 12.5. The largest absolute Gasteiger partial charge is 0.405 e. The van der Waals surface area contributed by atoms with Crippen LogP contribution in [-0.4, -0.2) is 33.9 Å². The van der Waals surface area contributed by atoms with Crippen LogP contribution in [0, 0.1) is 0 Å². The second-order valence-corrected chi connectivity index (χ2v) is 6.55. The normalized spacial score (nSPS) is 12.4. The molecule has 0 saturated carbocycles. The van der Waals surface area contributed by atoms with Crippen LogP contribution in [0.1, 0.15) is 13.3 Å². The first kappa shape index (κ1) is 16.6. The third-order valence-corrected chi connectivity index (χ3v) is 3.74. The summed E-state index contributed by atoms with van der Waals surface area (Å²) in [4.78, 5) is 1.09. The summed E-state index contributed by atoms with van der Waals surface area (Å²) in [5.74, 6) is 0. The molecule has 1 aromatic rings. The molecular formula is C12H17F3N2O2S. The molecule has 8 heteroatoms. The summed E-state index contributed by atoms with van der Waals surface area (Å²) < 4.78 is 60.4. The van der Waals surface area contributed by atoms with Crippen LogP contribution in [0.5, 0.6) is 0 Å². The van der Waals surface area contributed by atoms with Crippen molar-refractivity contribution >= 4 is 21.2 Å². The number of halogens is 3. The Balaban J connectivity index is 3.15. The lowest BCUT2D eigenvalue weighted by Crippen LogP contribution is -2.35. The van der Waals surface area contributed by atoms with Gasteiger partial charge in [-0.1, -0.05) is 6.92 Å². The fourth-order valence-electron chi connectivity index (χ4n) is 1.82. The van der Waals surface area contributed by atoms with Crippen LogP contribution in [0.25, 0.3) is 0 Å². The van der Waals surface area contributed by atoms with E-state index < -0.39 is 22.6 Å². The topological polar surface area (TPSA) is 63.4 Å². The predicted octanol–water partition coefficient (Wildman–Crippen LogP) is 2.45. The van der Waals surface area contributed by atoms with E-state index in [4.69, 9.17) is 5.73 Å². The van der Waals surface area contributed by atoms with E-state index >= 15 is 0 Å². The lowest BCUT2D eigenvalue weighted by atomic mass is 10.2. The molecule has 0 aliphatic rings. The van der Waals surface area contributed by atoms with Crippen molar-refractivity contribution in [3.05, 3.63) is 18.2 Å². The van der Waals surface area contributed by atoms with Gasteiger partial charge in [-0.05, 0) is 24.6 Å². The number of sulfone groups is 1. The highest BCUT2D eigenvalue weighted by molar-refractivity contribution is 7.90. The third-order valence-electron chi connectivity index (χ3n) is 2.63. The van der Waals surface area contributed by atoms with E-state index in [0.717, 1.165) is 11.2 Å². The smallest absolute Gasteiger partial charge is 0.397 e. The molecule has 1 rings (SSSR count). The second kappa shape index (κ2) is 5.90. The second-order valence-electron chi connectivity index (χ2n) is 4.53. The Morgan fingerprint density at radius 2 is 1.90 bits per heavy atom. The molecule has 1 aromatic carbocycles. The summed E-state index contributed by atoms with van der Waals surface area (Å²) >= 11 is 0. The van der Waals surface area contributed by atoms with Crippen molar-refractivity contribution in [1.29, 1.82) is 0 Å². The molecule has 0 unspecified atom stereocenters. The third kappa shape index (κ3) is 4.59. The summed E-state index contributed by atoms with van der Waals surface area (Å²) in [6, 6.07) is 3.76. The molecule has 0 amide bonds. The Morgan fingerprint density at radius 3 is 2.30 bits per heavy atom. The molecule has 0 bridgehead atoms. The number of benzene rings is 1. The lowest BCUT2D eigenvalue weighted by molar-refractivity contribution is -0.119. The fourth-order valence-corrected chi connectivity index (χ4v) is 2.48. The van der Waals surface area contributed by atoms with Crippen LogP contribution < -0.4 is 10.6 Å². The number of hydrogen-bond acceptors (Lipinski definition) is 4. The van der Waals surface area contributed by atoms with Gasteiger partial charge in [0.1, 0.15) is 6.54 Å². The minimum Gasteiger partial charge on any atom is -0.397 e.